The van der Waals surface area contributed by atoms with E-state index in [1.54, 1.807) is 6.92 Å². The molecule has 0 aliphatic heterocycles. The van der Waals surface area contributed by atoms with Crippen LogP contribution in [0.25, 0.3) is 0 Å². The molecule has 0 aliphatic carbocycles. The van der Waals surface area contributed by atoms with Crippen LogP contribution in [0, 0.1) is 0 Å². The maximum Gasteiger partial charge on any atom is 0.343 e. The Morgan fingerprint density at radius 3 is 2.92 bits per heavy atom. The van der Waals surface area contributed by atoms with Crippen molar-refractivity contribution in [3.63, 3.8) is 0 Å². The lowest BCUT2D eigenvalue weighted by Crippen LogP contribution is -2.05. The van der Waals surface area contributed by atoms with Gasteiger partial charge in [0, 0.05) is 6.20 Å². The van der Waals surface area contributed by atoms with Gasteiger partial charge in [0.1, 0.15) is 11.3 Å². The first kappa shape index (κ1) is 9.80. The molecule has 1 aromatic rings. The molecule has 0 saturated carbocycles. The molecule has 0 amide bonds. The van der Waals surface area contributed by atoms with Crippen LogP contribution in [0.15, 0.2) is 12.4 Å². The van der Waals surface area contributed by atoms with Crippen molar-refractivity contribution in [3.8, 4) is 5.75 Å². The highest BCUT2D eigenvalue weighted by atomic mass is 35.5. The number of hydrogen-bond acceptors (Lipinski definition) is 4. The van der Waals surface area contributed by atoms with Crippen molar-refractivity contribution in [1.29, 1.82) is 0 Å². The number of carbonyl (C=O) groups excluding carboxylic acids is 1. The molecule has 4 nitrogen and oxygen atoms in total. The number of pyridine rings is 1. The number of rotatable bonds is 2. The third-order valence-corrected chi connectivity index (χ3v) is 1.65. The van der Waals surface area contributed by atoms with Gasteiger partial charge in [-0.2, -0.15) is 0 Å². The van der Waals surface area contributed by atoms with Crippen LogP contribution in [0.1, 0.15) is 17.3 Å². The fourth-order valence-electron chi connectivity index (χ4n) is 0.830. The van der Waals surface area contributed by atoms with Gasteiger partial charge >= 0.3 is 5.97 Å². The van der Waals surface area contributed by atoms with Crippen LogP contribution in [0.3, 0.4) is 0 Å². The zero-order chi connectivity index (χ0) is 9.84. The molecule has 1 N–H and O–H groups in total. The van der Waals surface area contributed by atoms with Gasteiger partial charge in [0.05, 0.1) is 17.8 Å². The number of carbonyl (C=O) groups is 1. The molecule has 0 saturated heterocycles. The Hall–Kier alpha value is -1.29. The lowest BCUT2D eigenvalue weighted by Gasteiger charge is -2.04. The van der Waals surface area contributed by atoms with E-state index in [1.165, 1.54) is 6.20 Å². The molecule has 1 aromatic heterocycles. The SMILES string of the molecule is CCOC(=O)c1c(O)cncc1Cl. The predicted molar refractivity (Wildman–Crippen MR) is 46.9 cm³/mol. The maximum absolute atomic E-state index is 11.2. The summed E-state index contributed by atoms with van der Waals surface area (Å²) in [5.41, 5.74) is -0.0430. The van der Waals surface area contributed by atoms with Crippen molar-refractivity contribution in [3.05, 3.63) is 23.0 Å². The topological polar surface area (TPSA) is 59.4 Å². The molecule has 1 rings (SSSR count). The summed E-state index contributed by atoms with van der Waals surface area (Å²) in [4.78, 5) is 14.8. The molecule has 0 unspecified atom stereocenters. The van der Waals surface area contributed by atoms with Gasteiger partial charge in [-0.25, -0.2) is 4.79 Å². The van der Waals surface area contributed by atoms with E-state index in [0.717, 1.165) is 6.20 Å². The highest BCUT2D eigenvalue weighted by Crippen LogP contribution is 2.24. The molecule has 0 spiro atoms. The zero-order valence-electron chi connectivity index (χ0n) is 6.95. The Labute approximate surface area is 80.1 Å². The molecule has 0 aromatic carbocycles. The van der Waals surface area contributed by atoms with Crippen LogP contribution in [0.4, 0.5) is 0 Å². The van der Waals surface area contributed by atoms with Crippen molar-refractivity contribution in [2.24, 2.45) is 0 Å². The lowest BCUT2D eigenvalue weighted by molar-refractivity contribution is 0.0523. The standard InChI is InChI=1S/C8H8ClNO3/c1-2-13-8(12)7-5(9)3-10-4-6(7)11/h3-4,11H,2H2,1H3. The van der Waals surface area contributed by atoms with Gasteiger partial charge < -0.3 is 9.84 Å². The fraction of sp³-hybridized carbons (Fsp3) is 0.250. The summed E-state index contributed by atoms with van der Waals surface area (Å²) in [7, 11) is 0. The van der Waals surface area contributed by atoms with Crippen LogP contribution in [-0.4, -0.2) is 22.7 Å². The first-order chi connectivity index (χ1) is 6.16. The summed E-state index contributed by atoms with van der Waals surface area (Å²) in [6.45, 7) is 1.90. The van der Waals surface area contributed by atoms with Crippen LogP contribution in [0.2, 0.25) is 5.02 Å². The number of nitrogens with zero attached hydrogens (tertiary/aromatic N) is 1. The molecule has 70 valence electrons. The van der Waals surface area contributed by atoms with Gasteiger partial charge in [-0.3, -0.25) is 4.98 Å². The van der Waals surface area contributed by atoms with Gasteiger partial charge in [0.2, 0.25) is 0 Å². The highest BCUT2D eigenvalue weighted by molar-refractivity contribution is 6.33. The van der Waals surface area contributed by atoms with Gasteiger partial charge in [-0.05, 0) is 6.92 Å². The second kappa shape index (κ2) is 4.09. The Morgan fingerprint density at radius 1 is 1.69 bits per heavy atom. The molecule has 0 atom stereocenters. The average molecular weight is 202 g/mol. The second-order valence-electron chi connectivity index (χ2n) is 2.24. The average Bonchev–Trinajstić information content (AvgIpc) is 2.04. The van der Waals surface area contributed by atoms with E-state index < -0.39 is 5.97 Å². The van der Waals surface area contributed by atoms with Crippen molar-refractivity contribution in [2.75, 3.05) is 6.61 Å². The minimum Gasteiger partial charge on any atom is -0.505 e. The van der Waals surface area contributed by atoms with E-state index in [9.17, 15) is 9.90 Å². The molecule has 0 aliphatic rings. The van der Waals surface area contributed by atoms with Crippen LogP contribution in [-0.2, 0) is 4.74 Å². The molecule has 13 heavy (non-hydrogen) atoms. The van der Waals surface area contributed by atoms with Crippen LogP contribution < -0.4 is 0 Å². The summed E-state index contributed by atoms with van der Waals surface area (Å²) in [5, 5.41) is 9.32. The molecular weight excluding hydrogens is 194 g/mol. The van der Waals surface area contributed by atoms with E-state index in [4.69, 9.17) is 11.6 Å². The van der Waals surface area contributed by atoms with E-state index in [2.05, 4.69) is 9.72 Å². The number of hydrogen-bond donors (Lipinski definition) is 1. The molecule has 0 radical (unpaired) electrons. The minimum absolute atomic E-state index is 0.0430. The molecule has 1 heterocycles. The Kier molecular flexibility index (Phi) is 3.08. The Bertz CT molecular complexity index is 307. The number of halogens is 1. The largest absolute Gasteiger partial charge is 0.505 e. The fourth-order valence-corrected chi connectivity index (χ4v) is 1.06. The quantitative estimate of drug-likeness (QED) is 0.739. The normalized spacial score (nSPS) is 9.69. The number of ether oxygens (including phenoxy) is 1. The number of aromatic nitrogens is 1. The highest BCUT2D eigenvalue weighted by Gasteiger charge is 2.16. The zero-order valence-corrected chi connectivity index (χ0v) is 7.71. The van der Waals surface area contributed by atoms with Gasteiger partial charge in [0.25, 0.3) is 0 Å². The van der Waals surface area contributed by atoms with Crippen LogP contribution >= 0.6 is 11.6 Å². The number of esters is 1. The number of aromatic hydroxyl groups is 1. The monoisotopic (exact) mass is 201 g/mol. The summed E-state index contributed by atoms with van der Waals surface area (Å²) in [6, 6.07) is 0. The van der Waals surface area contributed by atoms with Crippen molar-refractivity contribution < 1.29 is 14.6 Å². The third-order valence-electron chi connectivity index (χ3n) is 1.36. The van der Waals surface area contributed by atoms with Gasteiger partial charge in [-0.15, -0.1) is 0 Å². The summed E-state index contributed by atoms with van der Waals surface area (Å²) in [6.07, 6.45) is 2.41. The minimum atomic E-state index is -0.646. The Morgan fingerprint density at radius 2 is 2.38 bits per heavy atom. The first-order valence-electron chi connectivity index (χ1n) is 3.66. The van der Waals surface area contributed by atoms with E-state index in [1.807, 2.05) is 0 Å². The smallest absolute Gasteiger partial charge is 0.343 e. The lowest BCUT2D eigenvalue weighted by atomic mass is 10.2. The van der Waals surface area contributed by atoms with Gasteiger partial charge in [-0.1, -0.05) is 11.6 Å². The first-order valence-corrected chi connectivity index (χ1v) is 4.04. The molecular formula is C8H8ClNO3. The van der Waals surface area contributed by atoms with Crippen LogP contribution in [0.5, 0.6) is 5.75 Å². The maximum atomic E-state index is 11.2. The predicted octanol–water partition coefficient (Wildman–Crippen LogP) is 1.62. The second-order valence-corrected chi connectivity index (χ2v) is 2.64. The van der Waals surface area contributed by atoms with E-state index >= 15 is 0 Å². The van der Waals surface area contributed by atoms with Crippen molar-refractivity contribution >= 4 is 17.6 Å². The van der Waals surface area contributed by atoms with E-state index in [0.29, 0.717) is 0 Å². The summed E-state index contributed by atoms with van der Waals surface area (Å²) in [5.74, 6) is -0.918. The summed E-state index contributed by atoms with van der Waals surface area (Å²) < 4.78 is 4.68. The summed E-state index contributed by atoms with van der Waals surface area (Å²) >= 11 is 5.64. The van der Waals surface area contributed by atoms with Gasteiger partial charge in [0.15, 0.2) is 0 Å². The molecule has 5 heteroatoms. The third kappa shape index (κ3) is 2.09. The molecule has 0 bridgehead atoms. The van der Waals surface area contributed by atoms with Crippen molar-refractivity contribution in [1.82, 2.24) is 4.98 Å². The Balaban J connectivity index is 3.05. The van der Waals surface area contributed by atoms with E-state index in [-0.39, 0.29) is 22.9 Å². The van der Waals surface area contributed by atoms with Crippen molar-refractivity contribution in [2.45, 2.75) is 6.92 Å². The molecule has 0 fully saturated rings.